The third-order valence-electron chi connectivity index (χ3n) is 7.03. The average Bonchev–Trinajstić information content (AvgIpc) is 3.39. The summed E-state index contributed by atoms with van der Waals surface area (Å²) in [6.07, 6.45) is 2.02. The molecule has 0 radical (unpaired) electrons. The van der Waals surface area contributed by atoms with E-state index in [0.717, 1.165) is 24.2 Å². The summed E-state index contributed by atoms with van der Waals surface area (Å²) >= 11 is 0. The Bertz CT molecular complexity index is 1160. The second-order valence-corrected chi connectivity index (χ2v) is 8.93. The van der Waals surface area contributed by atoms with Crippen molar-refractivity contribution in [1.82, 2.24) is 9.80 Å². The van der Waals surface area contributed by atoms with Crippen LogP contribution >= 0.6 is 0 Å². The van der Waals surface area contributed by atoms with E-state index in [4.69, 9.17) is 4.42 Å². The zero-order chi connectivity index (χ0) is 22.9. The van der Waals surface area contributed by atoms with Gasteiger partial charge in [0.2, 0.25) is 5.91 Å². The maximum absolute atomic E-state index is 13.7. The Labute approximate surface area is 194 Å². The standard InChI is InChI=1S/C27H29N3O3/c1-19-7-5-10-23(20(19)2)28-12-14-29(15-13-28)26(31)24-17-21-8-3-4-9-22(21)18-30(24)27(32)25-11-6-16-33-25/h3-11,16,24H,12-15,17-18H2,1-2H3/t24-/m1/s1. The van der Waals surface area contributed by atoms with Crippen LogP contribution in [-0.4, -0.2) is 53.8 Å². The molecule has 1 saturated heterocycles. The summed E-state index contributed by atoms with van der Waals surface area (Å²) < 4.78 is 5.37. The summed E-state index contributed by atoms with van der Waals surface area (Å²) in [4.78, 5) is 32.9. The molecule has 0 unspecified atom stereocenters. The molecule has 2 amide bonds. The normalized spacial score (nSPS) is 18.2. The molecule has 1 aromatic heterocycles. The predicted molar refractivity (Wildman–Crippen MR) is 127 cm³/mol. The molecule has 0 N–H and O–H groups in total. The van der Waals surface area contributed by atoms with E-state index < -0.39 is 6.04 Å². The van der Waals surface area contributed by atoms with Gasteiger partial charge in [-0.05, 0) is 54.3 Å². The molecule has 0 saturated carbocycles. The zero-order valence-corrected chi connectivity index (χ0v) is 19.2. The molecule has 3 aromatic rings. The highest BCUT2D eigenvalue weighted by atomic mass is 16.3. The average molecular weight is 444 g/mol. The highest BCUT2D eigenvalue weighted by Gasteiger charge is 2.38. The molecule has 1 atom stereocenters. The van der Waals surface area contributed by atoms with Gasteiger partial charge in [-0.1, -0.05) is 36.4 Å². The molecular weight excluding hydrogens is 414 g/mol. The molecular formula is C27H29N3O3. The fraction of sp³-hybridized carbons (Fsp3) is 0.333. The fourth-order valence-electron chi connectivity index (χ4n) is 4.96. The van der Waals surface area contributed by atoms with Gasteiger partial charge in [0.1, 0.15) is 6.04 Å². The number of hydrogen-bond acceptors (Lipinski definition) is 4. The molecule has 0 spiro atoms. The minimum atomic E-state index is -0.523. The van der Waals surface area contributed by atoms with Crippen molar-refractivity contribution in [3.8, 4) is 0 Å². The second-order valence-electron chi connectivity index (χ2n) is 8.93. The largest absolute Gasteiger partial charge is 0.459 e. The number of benzene rings is 2. The van der Waals surface area contributed by atoms with E-state index in [1.54, 1.807) is 17.0 Å². The van der Waals surface area contributed by atoms with E-state index >= 15 is 0 Å². The Morgan fingerprint density at radius 1 is 0.879 bits per heavy atom. The van der Waals surface area contributed by atoms with E-state index in [-0.39, 0.29) is 17.6 Å². The number of rotatable bonds is 3. The van der Waals surface area contributed by atoms with E-state index in [2.05, 4.69) is 43.0 Å². The lowest BCUT2D eigenvalue weighted by molar-refractivity contribution is -0.137. The van der Waals surface area contributed by atoms with Gasteiger partial charge in [-0.3, -0.25) is 9.59 Å². The lowest BCUT2D eigenvalue weighted by Crippen LogP contribution is -2.57. The first kappa shape index (κ1) is 21.3. The van der Waals surface area contributed by atoms with Crippen LogP contribution in [0.5, 0.6) is 0 Å². The van der Waals surface area contributed by atoms with Gasteiger partial charge < -0.3 is 19.1 Å². The molecule has 170 valence electrons. The molecule has 6 nitrogen and oxygen atoms in total. The quantitative estimate of drug-likeness (QED) is 0.618. The number of hydrogen-bond donors (Lipinski definition) is 0. The van der Waals surface area contributed by atoms with E-state index in [0.29, 0.717) is 26.1 Å². The monoisotopic (exact) mass is 443 g/mol. The van der Waals surface area contributed by atoms with Crippen molar-refractivity contribution in [1.29, 1.82) is 0 Å². The van der Waals surface area contributed by atoms with Crippen LogP contribution in [0.4, 0.5) is 5.69 Å². The van der Waals surface area contributed by atoms with E-state index in [1.165, 1.54) is 23.1 Å². The Kier molecular flexibility index (Phi) is 5.67. The van der Waals surface area contributed by atoms with Crippen molar-refractivity contribution in [3.05, 3.63) is 88.9 Å². The van der Waals surface area contributed by atoms with Gasteiger partial charge >= 0.3 is 0 Å². The summed E-state index contributed by atoms with van der Waals surface area (Å²) in [5, 5.41) is 0. The summed E-state index contributed by atoms with van der Waals surface area (Å²) in [7, 11) is 0. The third-order valence-corrected chi connectivity index (χ3v) is 7.03. The third kappa shape index (κ3) is 4.01. The van der Waals surface area contributed by atoms with Crippen molar-refractivity contribution >= 4 is 17.5 Å². The number of carbonyl (C=O) groups excluding carboxylic acids is 2. The SMILES string of the molecule is Cc1cccc(N2CCN(C(=O)[C@H]3Cc4ccccc4CN3C(=O)c3ccco3)CC2)c1C. The minimum absolute atomic E-state index is 0.0185. The number of piperazine rings is 1. The number of aryl methyl sites for hydroxylation is 1. The van der Waals surface area contributed by atoms with Crippen LogP contribution in [0.15, 0.2) is 65.3 Å². The Hall–Kier alpha value is -3.54. The lowest BCUT2D eigenvalue weighted by atomic mass is 9.92. The van der Waals surface area contributed by atoms with Crippen LogP contribution in [0.2, 0.25) is 0 Å². The number of nitrogens with zero attached hydrogens (tertiary/aromatic N) is 3. The van der Waals surface area contributed by atoms with Crippen molar-refractivity contribution in [2.45, 2.75) is 32.9 Å². The van der Waals surface area contributed by atoms with Crippen molar-refractivity contribution in [3.63, 3.8) is 0 Å². The highest BCUT2D eigenvalue weighted by Crippen LogP contribution is 2.28. The molecule has 2 aromatic carbocycles. The molecule has 0 bridgehead atoms. The van der Waals surface area contributed by atoms with Gasteiger partial charge in [-0.15, -0.1) is 0 Å². The first-order chi connectivity index (χ1) is 16.0. The van der Waals surface area contributed by atoms with Gasteiger partial charge in [0, 0.05) is 44.8 Å². The first-order valence-electron chi connectivity index (χ1n) is 11.5. The fourth-order valence-corrected chi connectivity index (χ4v) is 4.96. The zero-order valence-electron chi connectivity index (χ0n) is 19.2. The topological polar surface area (TPSA) is 57.0 Å². The molecule has 6 heteroatoms. The van der Waals surface area contributed by atoms with E-state index in [9.17, 15) is 9.59 Å². The van der Waals surface area contributed by atoms with Gasteiger partial charge in [0.15, 0.2) is 5.76 Å². The van der Waals surface area contributed by atoms with Gasteiger partial charge in [0.05, 0.1) is 6.26 Å². The minimum Gasteiger partial charge on any atom is -0.459 e. The summed E-state index contributed by atoms with van der Waals surface area (Å²) in [5.41, 5.74) is 6.02. The van der Waals surface area contributed by atoms with Crippen LogP contribution in [0.25, 0.3) is 0 Å². The Morgan fingerprint density at radius 3 is 2.36 bits per heavy atom. The van der Waals surface area contributed by atoms with Gasteiger partial charge in [0.25, 0.3) is 5.91 Å². The molecule has 3 heterocycles. The molecule has 33 heavy (non-hydrogen) atoms. The highest BCUT2D eigenvalue weighted by molar-refractivity contribution is 5.96. The maximum Gasteiger partial charge on any atom is 0.290 e. The van der Waals surface area contributed by atoms with Crippen LogP contribution in [0.3, 0.4) is 0 Å². The second kappa shape index (κ2) is 8.77. The van der Waals surface area contributed by atoms with Crippen molar-refractivity contribution < 1.29 is 14.0 Å². The van der Waals surface area contributed by atoms with Crippen LogP contribution in [0, 0.1) is 13.8 Å². The first-order valence-corrected chi connectivity index (χ1v) is 11.5. The van der Waals surface area contributed by atoms with Gasteiger partial charge in [-0.2, -0.15) is 0 Å². The summed E-state index contributed by atoms with van der Waals surface area (Å²) in [5.74, 6) is 0.0545. The molecule has 0 aliphatic carbocycles. The number of fused-ring (bicyclic) bond motifs is 1. The molecule has 2 aliphatic heterocycles. The summed E-state index contributed by atoms with van der Waals surface area (Å²) in [6, 6.07) is 17.3. The summed E-state index contributed by atoms with van der Waals surface area (Å²) in [6.45, 7) is 7.55. The van der Waals surface area contributed by atoms with Crippen LogP contribution < -0.4 is 4.90 Å². The smallest absolute Gasteiger partial charge is 0.290 e. The number of furan rings is 1. The van der Waals surface area contributed by atoms with Crippen molar-refractivity contribution in [2.24, 2.45) is 0 Å². The van der Waals surface area contributed by atoms with Crippen LogP contribution in [0.1, 0.15) is 32.8 Å². The van der Waals surface area contributed by atoms with E-state index in [1.807, 2.05) is 23.1 Å². The molecule has 5 rings (SSSR count). The lowest BCUT2D eigenvalue weighted by Gasteiger charge is -2.42. The van der Waals surface area contributed by atoms with Crippen LogP contribution in [-0.2, 0) is 17.8 Å². The predicted octanol–water partition coefficient (Wildman–Crippen LogP) is 3.81. The van der Waals surface area contributed by atoms with Gasteiger partial charge in [-0.25, -0.2) is 0 Å². The number of anilines is 1. The number of amides is 2. The molecule has 1 fully saturated rings. The Morgan fingerprint density at radius 2 is 1.64 bits per heavy atom. The maximum atomic E-state index is 13.7. The Balaban J connectivity index is 1.35. The number of carbonyl (C=O) groups is 2. The molecule has 2 aliphatic rings. The van der Waals surface area contributed by atoms with Crippen molar-refractivity contribution in [2.75, 3.05) is 31.1 Å².